The standard InChI is InChI=1S/C18H20N2O4/c21-10-9-20(13-14-5-2-1-3-6-14)18(24)15-7-4-8-16(11-15)19-12-17(22)23/h1-8,11,19,21H,9-10,12-13H2,(H,22,23). The zero-order valence-electron chi connectivity index (χ0n) is 13.2. The summed E-state index contributed by atoms with van der Waals surface area (Å²) in [6.07, 6.45) is 0. The van der Waals surface area contributed by atoms with Crippen LogP contribution >= 0.6 is 0 Å². The van der Waals surface area contributed by atoms with Gasteiger partial charge in [0.25, 0.3) is 5.91 Å². The highest BCUT2D eigenvalue weighted by Crippen LogP contribution is 2.14. The molecule has 0 fully saturated rings. The van der Waals surface area contributed by atoms with Crippen molar-refractivity contribution in [3.05, 3.63) is 65.7 Å². The molecule has 6 nitrogen and oxygen atoms in total. The molecular weight excluding hydrogens is 308 g/mol. The third kappa shape index (κ3) is 5.10. The molecule has 2 aromatic rings. The van der Waals surface area contributed by atoms with Crippen LogP contribution in [0.15, 0.2) is 54.6 Å². The molecule has 0 atom stereocenters. The quantitative estimate of drug-likeness (QED) is 0.688. The molecule has 2 rings (SSSR count). The zero-order valence-corrected chi connectivity index (χ0v) is 13.2. The lowest BCUT2D eigenvalue weighted by Gasteiger charge is -2.22. The third-order valence-corrected chi connectivity index (χ3v) is 3.43. The van der Waals surface area contributed by atoms with E-state index in [-0.39, 0.29) is 25.6 Å². The summed E-state index contributed by atoms with van der Waals surface area (Å²) in [5, 5.41) is 20.7. The van der Waals surface area contributed by atoms with E-state index in [1.54, 1.807) is 29.2 Å². The highest BCUT2D eigenvalue weighted by molar-refractivity contribution is 5.95. The lowest BCUT2D eigenvalue weighted by atomic mass is 10.1. The van der Waals surface area contributed by atoms with Crippen molar-refractivity contribution >= 4 is 17.6 Å². The van der Waals surface area contributed by atoms with Crippen molar-refractivity contribution in [3.8, 4) is 0 Å². The highest BCUT2D eigenvalue weighted by atomic mass is 16.4. The van der Waals surface area contributed by atoms with E-state index in [1.807, 2.05) is 30.3 Å². The fourth-order valence-electron chi connectivity index (χ4n) is 2.30. The summed E-state index contributed by atoms with van der Waals surface area (Å²) < 4.78 is 0. The Labute approximate surface area is 140 Å². The number of hydrogen-bond donors (Lipinski definition) is 3. The van der Waals surface area contributed by atoms with Crippen molar-refractivity contribution < 1.29 is 19.8 Å². The highest BCUT2D eigenvalue weighted by Gasteiger charge is 2.16. The van der Waals surface area contributed by atoms with Crippen LogP contribution in [0, 0.1) is 0 Å². The first-order valence-corrected chi connectivity index (χ1v) is 7.60. The Morgan fingerprint density at radius 2 is 1.79 bits per heavy atom. The topological polar surface area (TPSA) is 89.9 Å². The first kappa shape index (κ1) is 17.5. The van der Waals surface area contributed by atoms with Gasteiger partial charge in [0.1, 0.15) is 6.54 Å². The number of rotatable bonds is 8. The van der Waals surface area contributed by atoms with Crippen molar-refractivity contribution in [1.29, 1.82) is 0 Å². The molecule has 0 radical (unpaired) electrons. The SMILES string of the molecule is O=C(O)CNc1cccc(C(=O)N(CCO)Cc2ccccc2)c1. The number of anilines is 1. The fourth-order valence-corrected chi connectivity index (χ4v) is 2.30. The third-order valence-electron chi connectivity index (χ3n) is 3.43. The van der Waals surface area contributed by atoms with Gasteiger partial charge in [-0.15, -0.1) is 0 Å². The maximum atomic E-state index is 12.7. The first-order chi connectivity index (χ1) is 11.6. The number of carbonyl (C=O) groups is 2. The number of nitrogens with zero attached hydrogens (tertiary/aromatic N) is 1. The summed E-state index contributed by atoms with van der Waals surface area (Å²) in [4.78, 5) is 24.9. The van der Waals surface area contributed by atoms with Crippen LogP contribution in [-0.4, -0.2) is 46.7 Å². The summed E-state index contributed by atoms with van der Waals surface area (Å²) in [7, 11) is 0. The molecule has 24 heavy (non-hydrogen) atoms. The molecule has 6 heteroatoms. The summed E-state index contributed by atoms with van der Waals surface area (Å²) in [6, 6.07) is 16.2. The van der Waals surface area contributed by atoms with E-state index in [9.17, 15) is 14.7 Å². The van der Waals surface area contributed by atoms with Crippen molar-refractivity contribution in [1.82, 2.24) is 4.90 Å². The number of nitrogens with one attached hydrogen (secondary N) is 1. The van der Waals surface area contributed by atoms with Crippen LogP contribution in [-0.2, 0) is 11.3 Å². The lowest BCUT2D eigenvalue weighted by Crippen LogP contribution is -2.33. The van der Waals surface area contributed by atoms with Gasteiger partial charge in [-0.2, -0.15) is 0 Å². The molecule has 126 valence electrons. The van der Waals surface area contributed by atoms with E-state index < -0.39 is 5.97 Å². The maximum Gasteiger partial charge on any atom is 0.322 e. The molecule has 0 aliphatic carbocycles. The van der Waals surface area contributed by atoms with Crippen LogP contribution in [0.3, 0.4) is 0 Å². The molecule has 0 saturated heterocycles. The minimum atomic E-state index is -0.974. The predicted octanol–water partition coefficient (Wildman–Crippen LogP) is 1.82. The number of amides is 1. The van der Waals surface area contributed by atoms with Gasteiger partial charge in [0.2, 0.25) is 0 Å². The molecule has 0 heterocycles. The summed E-state index contributed by atoms with van der Waals surface area (Å²) in [5.74, 6) is -1.19. The number of carbonyl (C=O) groups excluding carboxylic acids is 1. The van der Waals surface area contributed by atoms with Crippen LogP contribution < -0.4 is 5.32 Å². The largest absolute Gasteiger partial charge is 0.480 e. The Morgan fingerprint density at radius 3 is 2.46 bits per heavy atom. The van der Waals surface area contributed by atoms with Crippen molar-refractivity contribution in [3.63, 3.8) is 0 Å². The van der Waals surface area contributed by atoms with Crippen LogP contribution in [0.4, 0.5) is 5.69 Å². The summed E-state index contributed by atoms with van der Waals surface area (Å²) in [5.41, 5.74) is 1.97. The van der Waals surface area contributed by atoms with Gasteiger partial charge in [-0.05, 0) is 23.8 Å². The molecule has 0 spiro atoms. The molecule has 1 amide bonds. The Bertz CT molecular complexity index is 688. The molecule has 0 saturated carbocycles. The van der Waals surface area contributed by atoms with E-state index in [4.69, 9.17) is 5.11 Å². The minimum absolute atomic E-state index is 0.129. The van der Waals surface area contributed by atoms with Crippen molar-refractivity contribution in [2.75, 3.05) is 25.0 Å². The number of hydrogen-bond acceptors (Lipinski definition) is 4. The lowest BCUT2D eigenvalue weighted by molar-refractivity contribution is -0.134. The second-order valence-electron chi connectivity index (χ2n) is 5.26. The van der Waals surface area contributed by atoms with E-state index in [0.29, 0.717) is 17.8 Å². The zero-order chi connectivity index (χ0) is 17.4. The smallest absolute Gasteiger partial charge is 0.322 e. The molecule has 0 aromatic heterocycles. The summed E-state index contributed by atoms with van der Waals surface area (Å²) in [6.45, 7) is 0.269. The number of aliphatic carboxylic acids is 1. The molecule has 0 bridgehead atoms. The number of carboxylic acid groups (broad SMARTS) is 1. The van der Waals surface area contributed by atoms with Gasteiger partial charge in [0, 0.05) is 24.3 Å². The molecule has 0 aliphatic rings. The molecular formula is C18H20N2O4. The van der Waals surface area contributed by atoms with Crippen molar-refractivity contribution in [2.24, 2.45) is 0 Å². The monoisotopic (exact) mass is 328 g/mol. The Balaban J connectivity index is 2.14. The number of carboxylic acids is 1. The van der Waals surface area contributed by atoms with Gasteiger partial charge >= 0.3 is 5.97 Å². The minimum Gasteiger partial charge on any atom is -0.480 e. The molecule has 0 unspecified atom stereocenters. The molecule has 3 N–H and O–H groups in total. The molecule has 2 aromatic carbocycles. The average Bonchev–Trinajstić information content (AvgIpc) is 2.60. The predicted molar refractivity (Wildman–Crippen MR) is 90.8 cm³/mol. The average molecular weight is 328 g/mol. The van der Waals surface area contributed by atoms with Crippen LogP contribution in [0.2, 0.25) is 0 Å². The number of aliphatic hydroxyl groups excluding tert-OH is 1. The van der Waals surface area contributed by atoms with E-state index in [1.165, 1.54) is 0 Å². The van der Waals surface area contributed by atoms with Crippen LogP contribution in [0.1, 0.15) is 15.9 Å². The van der Waals surface area contributed by atoms with Gasteiger partial charge in [0.05, 0.1) is 6.61 Å². The van der Waals surface area contributed by atoms with Crippen molar-refractivity contribution in [2.45, 2.75) is 6.54 Å². The van der Waals surface area contributed by atoms with Crippen LogP contribution in [0.25, 0.3) is 0 Å². The Morgan fingerprint density at radius 1 is 1.04 bits per heavy atom. The van der Waals surface area contributed by atoms with E-state index in [2.05, 4.69) is 5.32 Å². The summed E-state index contributed by atoms with van der Waals surface area (Å²) >= 11 is 0. The second kappa shape index (κ2) is 8.69. The first-order valence-electron chi connectivity index (χ1n) is 7.60. The second-order valence-corrected chi connectivity index (χ2v) is 5.26. The van der Waals surface area contributed by atoms with Gasteiger partial charge in [-0.1, -0.05) is 36.4 Å². The van der Waals surface area contributed by atoms with Gasteiger partial charge in [0.15, 0.2) is 0 Å². The molecule has 0 aliphatic heterocycles. The fraction of sp³-hybridized carbons (Fsp3) is 0.222. The van der Waals surface area contributed by atoms with Gasteiger partial charge in [-0.3, -0.25) is 9.59 Å². The number of benzene rings is 2. The van der Waals surface area contributed by atoms with Gasteiger partial charge in [-0.25, -0.2) is 0 Å². The Hall–Kier alpha value is -2.86. The number of aliphatic hydroxyl groups is 1. The Kier molecular flexibility index (Phi) is 6.33. The van der Waals surface area contributed by atoms with E-state index in [0.717, 1.165) is 5.56 Å². The normalized spacial score (nSPS) is 10.2. The van der Waals surface area contributed by atoms with E-state index >= 15 is 0 Å². The maximum absolute atomic E-state index is 12.7. The van der Waals surface area contributed by atoms with Crippen LogP contribution in [0.5, 0.6) is 0 Å². The van der Waals surface area contributed by atoms with Gasteiger partial charge < -0.3 is 20.4 Å².